The fourth-order valence-electron chi connectivity index (χ4n) is 5.86. The summed E-state index contributed by atoms with van der Waals surface area (Å²) < 4.78 is 15.6. The van der Waals surface area contributed by atoms with Gasteiger partial charge in [-0.15, -0.1) is 0 Å². The summed E-state index contributed by atoms with van der Waals surface area (Å²) in [4.78, 5) is 31.9. The lowest BCUT2D eigenvalue weighted by atomic mass is 9.97. The van der Waals surface area contributed by atoms with Gasteiger partial charge in [0.15, 0.2) is 17.2 Å². The van der Waals surface area contributed by atoms with Crippen molar-refractivity contribution >= 4 is 11.6 Å². The van der Waals surface area contributed by atoms with Crippen LogP contribution in [0.1, 0.15) is 51.5 Å². The van der Waals surface area contributed by atoms with E-state index in [0.29, 0.717) is 35.9 Å². The lowest BCUT2D eigenvalue weighted by Gasteiger charge is -2.24. The number of ether oxygens (including phenoxy) is 2. The molecular weight excluding hydrogens is 550 g/mol. The molecule has 1 fully saturated rings. The van der Waals surface area contributed by atoms with Crippen LogP contribution in [0.15, 0.2) is 40.1 Å². The lowest BCUT2D eigenvalue weighted by Crippen LogP contribution is -2.44. The van der Waals surface area contributed by atoms with E-state index in [1.807, 2.05) is 32.0 Å². The van der Waals surface area contributed by atoms with Gasteiger partial charge in [0.1, 0.15) is 5.49 Å². The number of hydrogen-bond donors (Lipinski definition) is 2. The number of nitrogens with zero attached hydrogens (tertiary/aromatic N) is 6. The summed E-state index contributed by atoms with van der Waals surface area (Å²) >= 11 is 0. The highest BCUT2D eigenvalue weighted by atomic mass is 16.5. The van der Waals surface area contributed by atoms with E-state index in [9.17, 15) is 14.7 Å². The summed E-state index contributed by atoms with van der Waals surface area (Å²) in [5, 5.41) is 19.9. The third-order valence-electron chi connectivity index (χ3n) is 8.22. The van der Waals surface area contributed by atoms with E-state index in [0.717, 1.165) is 33.6 Å². The van der Waals surface area contributed by atoms with Crippen LogP contribution in [0.3, 0.4) is 0 Å². The normalized spacial score (nSPS) is 14.3. The average Bonchev–Trinajstić information content (AvgIpc) is 3.79. The van der Waals surface area contributed by atoms with Crippen molar-refractivity contribution in [1.82, 2.24) is 29.4 Å². The molecule has 2 aromatic heterocycles. The number of methoxy groups -OCH3 is 2. The highest BCUT2D eigenvalue weighted by Crippen LogP contribution is 2.42. The molecule has 0 saturated heterocycles. The molecule has 0 atom stereocenters. The molecule has 3 heterocycles. The van der Waals surface area contributed by atoms with Crippen LogP contribution >= 0.6 is 0 Å². The molecule has 2 N–H and O–H groups in total. The monoisotopic (exact) mass is 585 g/mol. The Bertz CT molecular complexity index is 1840. The minimum absolute atomic E-state index is 0.0555. The highest BCUT2D eigenvalue weighted by Gasteiger charge is 2.25. The van der Waals surface area contributed by atoms with Crippen molar-refractivity contribution < 1.29 is 19.4 Å². The Hall–Kier alpha value is -4.87. The van der Waals surface area contributed by atoms with Gasteiger partial charge in [0.05, 0.1) is 25.6 Å². The van der Waals surface area contributed by atoms with Crippen LogP contribution in [-0.2, 0) is 26.6 Å². The number of fused-ring (bicyclic) bond motifs is 3. The van der Waals surface area contributed by atoms with Gasteiger partial charge in [0, 0.05) is 38.3 Å². The Morgan fingerprint density at radius 2 is 1.79 bits per heavy atom. The molecule has 1 aliphatic heterocycles. The Morgan fingerprint density at radius 3 is 2.42 bits per heavy atom. The molecule has 1 saturated carbocycles. The molecule has 224 valence electrons. The van der Waals surface area contributed by atoms with E-state index in [1.165, 1.54) is 30.1 Å². The number of carbonyl (C=O) groups excluding carboxylic acids is 1. The molecular formula is C31H35N7O5. The van der Waals surface area contributed by atoms with E-state index in [-0.39, 0.29) is 24.5 Å². The standard InChI is InChI=1S/C31H35N7O5/c1-17-12-21(19-6-7-19)13-18(2)27(17)33-26-16-23-22-15-25(43-5)24(42-4)14-20(22)8-10-37(23)31(41)38(26)11-9-32-29(39)28-30(40)34-35-36(28)3/h12-16,19,40H,6-11H2,1-5H3,(H,32,39). The maximum Gasteiger partial charge on any atom is 0.330 e. The molecule has 6 rings (SSSR count). The summed E-state index contributed by atoms with van der Waals surface area (Å²) in [5.74, 6) is 0.838. The van der Waals surface area contributed by atoms with E-state index < -0.39 is 11.8 Å². The second-order valence-electron chi connectivity index (χ2n) is 11.1. The first-order valence-electron chi connectivity index (χ1n) is 14.3. The maximum absolute atomic E-state index is 14.1. The number of amides is 1. The molecule has 2 aromatic carbocycles. The molecule has 12 nitrogen and oxygen atoms in total. The molecule has 2 aliphatic rings. The number of carbonyl (C=O) groups is 1. The Balaban J connectivity index is 1.46. The largest absolute Gasteiger partial charge is 0.493 e. The first-order valence-corrected chi connectivity index (χ1v) is 14.3. The Kier molecular flexibility index (Phi) is 7.28. The van der Waals surface area contributed by atoms with Crippen molar-refractivity contribution in [3.05, 3.63) is 74.3 Å². The van der Waals surface area contributed by atoms with Crippen LogP contribution in [0, 0.1) is 13.8 Å². The third-order valence-corrected chi connectivity index (χ3v) is 8.22. The molecule has 4 aromatic rings. The third kappa shape index (κ3) is 5.17. The van der Waals surface area contributed by atoms with Gasteiger partial charge >= 0.3 is 5.69 Å². The van der Waals surface area contributed by atoms with Gasteiger partial charge in [0.25, 0.3) is 11.8 Å². The van der Waals surface area contributed by atoms with Gasteiger partial charge in [-0.25, -0.2) is 14.5 Å². The summed E-state index contributed by atoms with van der Waals surface area (Å²) in [6, 6.07) is 10.2. The lowest BCUT2D eigenvalue weighted by molar-refractivity contribution is 0.0939. The number of aryl methyl sites for hydroxylation is 4. The van der Waals surface area contributed by atoms with Crippen LogP contribution in [0.5, 0.6) is 17.4 Å². The summed E-state index contributed by atoms with van der Waals surface area (Å²) in [5.41, 5.74) is 7.11. The Labute approximate surface area is 248 Å². The van der Waals surface area contributed by atoms with Gasteiger partial charge in [-0.2, -0.15) is 0 Å². The minimum atomic E-state index is -0.542. The van der Waals surface area contributed by atoms with E-state index in [1.54, 1.807) is 23.4 Å². The van der Waals surface area contributed by atoms with Crippen molar-refractivity contribution in [1.29, 1.82) is 0 Å². The molecule has 12 heteroatoms. The number of benzene rings is 2. The number of hydrogen-bond acceptors (Lipinski definition) is 8. The summed E-state index contributed by atoms with van der Waals surface area (Å²) in [6.07, 6.45) is 3.06. The fraction of sp³-hybridized carbons (Fsp3) is 0.387. The average molecular weight is 586 g/mol. The first-order chi connectivity index (χ1) is 20.7. The van der Waals surface area contributed by atoms with Gasteiger partial charge in [-0.3, -0.25) is 13.9 Å². The zero-order valence-electron chi connectivity index (χ0n) is 25.0. The quantitative estimate of drug-likeness (QED) is 0.324. The van der Waals surface area contributed by atoms with Crippen molar-refractivity contribution in [3.63, 3.8) is 0 Å². The molecule has 0 spiro atoms. The summed E-state index contributed by atoms with van der Waals surface area (Å²) in [6.45, 7) is 4.85. The minimum Gasteiger partial charge on any atom is -0.493 e. The second kappa shape index (κ2) is 11.1. The van der Waals surface area contributed by atoms with E-state index in [2.05, 4.69) is 27.8 Å². The van der Waals surface area contributed by atoms with Crippen LogP contribution < -0.4 is 26.0 Å². The second-order valence-corrected chi connectivity index (χ2v) is 11.1. The van der Waals surface area contributed by atoms with Crippen molar-refractivity contribution in [2.24, 2.45) is 12.0 Å². The van der Waals surface area contributed by atoms with Crippen molar-refractivity contribution in [2.45, 2.75) is 52.1 Å². The Morgan fingerprint density at radius 1 is 1.09 bits per heavy atom. The van der Waals surface area contributed by atoms with Crippen LogP contribution in [0.4, 0.5) is 5.69 Å². The highest BCUT2D eigenvalue weighted by molar-refractivity contribution is 5.94. The van der Waals surface area contributed by atoms with Crippen LogP contribution in [0.25, 0.3) is 11.3 Å². The number of rotatable bonds is 8. The van der Waals surface area contributed by atoms with E-state index >= 15 is 0 Å². The zero-order valence-corrected chi connectivity index (χ0v) is 25.0. The van der Waals surface area contributed by atoms with Crippen molar-refractivity contribution in [2.75, 3.05) is 20.8 Å². The number of nitrogens with one attached hydrogen (secondary N) is 1. The topological polar surface area (TPSA) is 138 Å². The van der Waals surface area contributed by atoms with Crippen LogP contribution in [0.2, 0.25) is 0 Å². The molecule has 43 heavy (non-hydrogen) atoms. The fourth-order valence-corrected chi connectivity index (χ4v) is 5.86. The predicted molar refractivity (Wildman–Crippen MR) is 159 cm³/mol. The predicted octanol–water partition coefficient (Wildman–Crippen LogP) is 2.88. The van der Waals surface area contributed by atoms with Crippen LogP contribution in [-0.4, -0.2) is 55.9 Å². The smallest absolute Gasteiger partial charge is 0.330 e. The number of aromatic nitrogens is 5. The maximum atomic E-state index is 14.1. The van der Waals surface area contributed by atoms with E-state index in [4.69, 9.17) is 14.5 Å². The van der Waals surface area contributed by atoms with Gasteiger partial charge in [0.2, 0.25) is 0 Å². The van der Waals surface area contributed by atoms with Gasteiger partial charge in [-0.05, 0) is 73.4 Å². The van der Waals surface area contributed by atoms with Gasteiger partial charge in [-0.1, -0.05) is 22.4 Å². The first kappa shape index (κ1) is 28.3. The molecule has 0 radical (unpaired) electrons. The summed E-state index contributed by atoms with van der Waals surface area (Å²) in [7, 11) is 4.71. The molecule has 0 bridgehead atoms. The number of aromatic hydroxyl groups is 1. The molecule has 1 aliphatic carbocycles. The molecule has 1 amide bonds. The zero-order chi connectivity index (χ0) is 30.4. The molecule has 0 unspecified atom stereocenters. The van der Waals surface area contributed by atoms with Crippen molar-refractivity contribution in [3.8, 4) is 28.6 Å². The SMILES string of the molecule is COc1cc2c(cc1OC)-c1cc(=Nc3c(C)cc(C4CC4)cc3C)n(CCNC(=O)c3c(O)nnn3C)c(=O)n1CC2. The van der Waals surface area contributed by atoms with Gasteiger partial charge < -0.3 is 19.9 Å².